The number of oxazole rings is 1. The first-order valence-electron chi connectivity index (χ1n) is 7.78. The Morgan fingerprint density at radius 3 is 2.79 bits per heavy atom. The van der Waals surface area contributed by atoms with Gasteiger partial charge in [-0.05, 0) is 25.5 Å². The molecule has 4 heterocycles. The number of amides is 1. The van der Waals surface area contributed by atoms with Crippen molar-refractivity contribution in [3.8, 4) is 5.69 Å². The summed E-state index contributed by atoms with van der Waals surface area (Å²) >= 11 is 0. The molecule has 1 aliphatic rings. The second kappa shape index (κ2) is 5.88. The largest absolute Gasteiger partial charge is 0.448 e. The highest BCUT2D eigenvalue weighted by molar-refractivity contribution is 5.92. The van der Waals surface area contributed by atoms with Crippen LogP contribution in [0.25, 0.3) is 5.69 Å². The van der Waals surface area contributed by atoms with Crippen molar-refractivity contribution in [2.75, 3.05) is 6.54 Å². The fraction of sp³-hybridized carbons (Fsp3) is 0.312. The third-order valence-corrected chi connectivity index (χ3v) is 4.14. The molecule has 4 rings (SSSR count). The average Bonchev–Trinajstić information content (AvgIpc) is 3.26. The lowest BCUT2D eigenvalue weighted by molar-refractivity contribution is 0.0496. The van der Waals surface area contributed by atoms with E-state index in [1.165, 1.54) is 11.1 Å². The molecule has 1 saturated heterocycles. The third-order valence-electron chi connectivity index (χ3n) is 4.14. The van der Waals surface area contributed by atoms with Gasteiger partial charge < -0.3 is 9.32 Å². The molecule has 8 heteroatoms. The summed E-state index contributed by atoms with van der Waals surface area (Å²) in [5.74, 6) is 0.404. The maximum atomic E-state index is 12.3. The predicted octanol–water partition coefficient (Wildman–Crippen LogP) is 1.48. The Morgan fingerprint density at radius 1 is 1.33 bits per heavy atom. The van der Waals surface area contributed by atoms with Crippen LogP contribution in [-0.4, -0.2) is 48.4 Å². The van der Waals surface area contributed by atoms with E-state index in [0.29, 0.717) is 18.0 Å². The van der Waals surface area contributed by atoms with Gasteiger partial charge in [-0.2, -0.15) is 15.0 Å². The molecular weight excluding hydrogens is 308 g/mol. The van der Waals surface area contributed by atoms with E-state index in [-0.39, 0.29) is 11.9 Å². The van der Waals surface area contributed by atoms with Gasteiger partial charge in [-0.3, -0.25) is 9.78 Å². The molecule has 0 saturated carbocycles. The zero-order chi connectivity index (χ0) is 16.5. The molecule has 3 aromatic rings. The number of carbonyl (C=O) groups is 1. The molecule has 0 radical (unpaired) electrons. The number of likely N-dealkylation sites (tertiary alicyclic amines) is 1. The summed E-state index contributed by atoms with van der Waals surface area (Å²) in [5.41, 5.74) is 1.93. The van der Waals surface area contributed by atoms with E-state index in [2.05, 4.69) is 20.2 Å². The third kappa shape index (κ3) is 2.66. The van der Waals surface area contributed by atoms with Crippen LogP contribution in [-0.2, 0) is 6.42 Å². The lowest BCUT2D eigenvalue weighted by atomic mass is 10.1. The van der Waals surface area contributed by atoms with Crippen LogP contribution in [0.4, 0.5) is 0 Å². The summed E-state index contributed by atoms with van der Waals surface area (Å²) in [4.78, 5) is 24.2. The summed E-state index contributed by atoms with van der Waals surface area (Å²) in [7, 11) is 0. The molecule has 1 fully saturated rings. The number of hydrogen-bond donors (Lipinski definition) is 0. The normalized spacial score (nSPS) is 16.9. The second-order valence-corrected chi connectivity index (χ2v) is 5.77. The van der Waals surface area contributed by atoms with Crippen LogP contribution in [0.2, 0.25) is 0 Å². The number of aromatic nitrogens is 5. The number of hydrogen-bond acceptors (Lipinski definition) is 6. The van der Waals surface area contributed by atoms with Crippen molar-refractivity contribution in [2.24, 2.45) is 0 Å². The van der Waals surface area contributed by atoms with Gasteiger partial charge in [0.1, 0.15) is 12.0 Å². The second-order valence-electron chi connectivity index (χ2n) is 5.77. The first-order valence-corrected chi connectivity index (χ1v) is 7.78. The van der Waals surface area contributed by atoms with Crippen LogP contribution >= 0.6 is 0 Å². The van der Waals surface area contributed by atoms with Gasteiger partial charge in [0.25, 0.3) is 5.91 Å². The van der Waals surface area contributed by atoms with Crippen LogP contribution < -0.4 is 0 Å². The monoisotopic (exact) mass is 324 g/mol. The highest BCUT2D eigenvalue weighted by Crippen LogP contribution is 2.20. The molecule has 3 aromatic heterocycles. The topological polar surface area (TPSA) is 89.9 Å². The van der Waals surface area contributed by atoms with E-state index >= 15 is 0 Å². The minimum Gasteiger partial charge on any atom is -0.448 e. The number of carbonyl (C=O) groups excluding carboxylic acids is 1. The highest BCUT2D eigenvalue weighted by atomic mass is 16.3. The zero-order valence-corrected chi connectivity index (χ0v) is 13.2. The minimum atomic E-state index is -0.0724. The molecule has 0 N–H and O–H groups in total. The smallest absolute Gasteiger partial charge is 0.276 e. The number of rotatable bonds is 4. The van der Waals surface area contributed by atoms with Gasteiger partial charge in [0.05, 0.1) is 25.0 Å². The SMILES string of the molecule is CC1CCN1C(=O)c1coc(Cc2ccc(-n3nccn3)cn2)n1. The Morgan fingerprint density at radius 2 is 2.17 bits per heavy atom. The van der Waals surface area contributed by atoms with Gasteiger partial charge in [0.15, 0.2) is 5.69 Å². The molecule has 24 heavy (non-hydrogen) atoms. The molecule has 1 amide bonds. The van der Waals surface area contributed by atoms with Crippen molar-refractivity contribution in [3.63, 3.8) is 0 Å². The van der Waals surface area contributed by atoms with E-state index in [4.69, 9.17) is 4.42 Å². The summed E-state index contributed by atoms with van der Waals surface area (Å²) in [6, 6.07) is 4.02. The molecule has 1 atom stereocenters. The Bertz CT molecular complexity index is 840. The summed E-state index contributed by atoms with van der Waals surface area (Å²) in [6.45, 7) is 2.81. The van der Waals surface area contributed by atoms with Crippen LogP contribution in [0.15, 0.2) is 41.4 Å². The fourth-order valence-electron chi connectivity index (χ4n) is 2.60. The molecule has 1 aliphatic heterocycles. The van der Waals surface area contributed by atoms with Gasteiger partial charge in [0.2, 0.25) is 5.89 Å². The molecule has 8 nitrogen and oxygen atoms in total. The fourth-order valence-corrected chi connectivity index (χ4v) is 2.60. The number of pyridine rings is 1. The van der Waals surface area contributed by atoms with Crippen molar-refractivity contribution < 1.29 is 9.21 Å². The number of nitrogens with zero attached hydrogens (tertiary/aromatic N) is 6. The molecule has 0 aliphatic carbocycles. The Balaban J connectivity index is 1.45. The van der Waals surface area contributed by atoms with E-state index in [0.717, 1.165) is 24.3 Å². The Hall–Kier alpha value is -3.03. The van der Waals surface area contributed by atoms with Gasteiger partial charge in [0, 0.05) is 18.3 Å². The highest BCUT2D eigenvalue weighted by Gasteiger charge is 2.30. The van der Waals surface area contributed by atoms with Crippen LogP contribution in [0, 0.1) is 0 Å². The zero-order valence-electron chi connectivity index (χ0n) is 13.2. The molecule has 1 unspecified atom stereocenters. The first kappa shape index (κ1) is 14.6. The first-order chi connectivity index (χ1) is 11.7. The van der Waals surface area contributed by atoms with Crippen LogP contribution in [0.3, 0.4) is 0 Å². The van der Waals surface area contributed by atoms with Crippen molar-refractivity contribution in [2.45, 2.75) is 25.8 Å². The van der Waals surface area contributed by atoms with E-state index < -0.39 is 0 Å². The lowest BCUT2D eigenvalue weighted by Crippen LogP contribution is -2.49. The minimum absolute atomic E-state index is 0.0724. The predicted molar refractivity (Wildman–Crippen MR) is 83.6 cm³/mol. The van der Waals surface area contributed by atoms with Gasteiger partial charge in [-0.25, -0.2) is 4.98 Å². The summed E-state index contributed by atoms with van der Waals surface area (Å²) < 4.78 is 5.42. The maximum absolute atomic E-state index is 12.3. The van der Waals surface area contributed by atoms with Crippen molar-refractivity contribution in [1.82, 2.24) is 29.9 Å². The molecule has 0 spiro atoms. The van der Waals surface area contributed by atoms with Crippen molar-refractivity contribution >= 4 is 5.91 Å². The summed E-state index contributed by atoms with van der Waals surface area (Å²) in [6.07, 6.45) is 7.79. The standard InChI is InChI=1S/C16H16N6O2/c1-11-4-7-21(11)16(23)14-10-24-15(20-14)8-12-2-3-13(9-17-12)22-18-5-6-19-22/h2-3,5-6,9-11H,4,7-8H2,1H3. The lowest BCUT2D eigenvalue weighted by Gasteiger charge is -2.38. The van der Waals surface area contributed by atoms with Gasteiger partial charge in [-0.15, -0.1) is 0 Å². The van der Waals surface area contributed by atoms with E-state index in [1.54, 1.807) is 23.5 Å². The summed E-state index contributed by atoms with van der Waals surface area (Å²) in [5, 5.41) is 8.10. The van der Waals surface area contributed by atoms with Crippen LogP contribution in [0.5, 0.6) is 0 Å². The maximum Gasteiger partial charge on any atom is 0.276 e. The van der Waals surface area contributed by atoms with Crippen molar-refractivity contribution in [3.05, 3.63) is 54.3 Å². The quantitative estimate of drug-likeness (QED) is 0.722. The Kier molecular flexibility index (Phi) is 3.56. The molecular formula is C16H16N6O2. The average molecular weight is 324 g/mol. The van der Waals surface area contributed by atoms with Crippen LogP contribution in [0.1, 0.15) is 35.4 Å². The van der Waals surface area contributed by atoms with Gasteiger partial charge >= 0.3 is 0 Å². The molecule has 0 aromatic carbocycles. The molecule has 122 valence electrons. The molecule has 0 bridgehead atoms. The van der Waals surface area contributed by atoms with Gasteiger partial charge in [-0.1, -0.05) is 0 Å². The van der Waals surface area contributed by atoms with E-state index in [1.807, 2.05) is 19.1 Å². The Labute approximate surface area is 138 Å². The van der Waals surface area contributed by atoms with E-state index in [9.17, 15) is 4.79 Å². The van der Waals surface area contributed by atoms with Crippen molar-refractivity contribution in [1.29, 1.82) is 0 Å².